The van der Waals surface area contributed by atoms with Gasteiger partial charge in [0.05, 0.1) is 7.11 Å². The fraction of sp³-hybridized carbons (Fsp3) is 0.647. The molecule has 1 aromatic rings. The van der Waals surface area contributed by atoms with E-state index in [0.717, 1.165) is 24.6 Å². The quantitative estimate of drug-likeness (QED) is 0.832. The third-order valence-corrected chi connectivity index (χ3v) is 4.88. The number of nitrogens with zero attached hydrogens (tertiary/aromatic N) is 1. The van der Waals surface area contributed by atoms with Crippen molar-refractivity contribution >= 4 is 0 Å². The van der Waals surface area contributed by atoms with Gasteiger partial charge in [0.1, 0.15) is 5.75 Å². The van der Waals surface area contributed by atoms with Crippen LogP contribution in [0.15, 0.2) is 24.3 Å². The van der Waals surface area contributed by atoms with Crippen LogP contribution in [0.3, 0.4) is 0 Å². The summed E-state index contributed by atoms with van der Waals surface area (Å²) in [6.07, 6.45) is 5.07. The standard InChI is InChI=1S/C17H28N2O/c1-17(13-18,19(2)12-14-7-6-8-14)11-15-9-4-5-10-16(15)20-3/h4-5,9-10,14H,6-8,11-13,18H2,1-3H3. The van der Waals surface area contributed by atoms with E-state index in [0.29, 0.717) is 6.54 Å². The minimum absolute atomic E-state index is 0.00970. The molecule has 3 nitrogen and oxygen atoms in total. The number of methoxy groups -OCH3 is 1. The zero-order valence-corrected chi connectivity index (χ0v) is 13.1. The van der Waals surface area contributed by atoms with E-state index < -0.39 is 0 Å². The highest BCUT2D eigenvalue weighted by Gasteiger charge is 2.31. The van der Waals surface area contributed by atoms with Gasteiger partial charge >= 0.3 is 0 Å². The third-order valence-electron chi connectivity index (χ3n) is 4.88. The van der Waals surface area contributed by atoms with E-state index in [4.69, 9.17) is 10.5 Å². The lowest BCUT2D eigenvalue weighted by atomic mass is 9.83. The monoisotopic (exact) mass is 276 g/mol. The van der Waals surface area contributed by atoms with Crippen molar-refractivity contribution in [1.29, 1.82) is 0 Å². The summed E-state index contributed by atoms with van der Waals surface area (Å²) in [6, 6.07) is 8.25. The molecule has 0 aliphatic heterocycles. The van der Waals surface area contributed by atoms with Crippen LogP contribution >= 0.6 is 0 Å². The maximum absolute atomic E-state index is 6.10. The van der Waals surface area contributed by atoms with Crippen molar-refractivity contribution in [2.24, 2.45) is 11.7 Å². The first-order valence-electron chi connectivity index (χ1n) is 7.62. The van der Waals surface area contributed by atoms with E-state index in [9.17, 15) is 0 Å². The highest BCUT2D eigenvalue weighted by atomic mass is 16.5. The first-order valence-corrected chi connectivity index (χ1v) is 7.62. The summed E-state index contributed by atoms with van der Waals surface area (Å²) in [5.74, 6) is 1.83. The molecule has 0 bridgehead atoms. The molecular weight excluding hydrogens is 248 g/mol. The van der Waals surface area contributed by atoms with Crippen LogP contribution in [0.4, 0.5) is 0 Å². The zero-order chi connectivity index (χ0) is 14.6. The molecule has 0 aromatic heterocycles. The van der Waals surface area contributed by atoms with Gasteiger partial charge in [0.2, 0.25) is 0 Å². The summed E-state index contributed by atoms with van der Waals surface area (Å²) < 4.78 is 5.47. The van der Waals surface area contributed by atoms with Gasteiger partial charge in [-0.25, -0.2) is 0 Å². The minimum atomic E-state index is -0.00970. The second kappa shape index (κ2) is 6.59. The molecule has 20 heavy (non-hydrogen) atoms. The van der Waals surface area contributed by atoms with Gasteiger partial charge in [-0.2, -0.15) is 0 Å². The van der Waals surface area contributed by atoms with Crippen molar-refractivity contribution in [2.75, 3.05) is 27.2 Å². The molecule has 0 amide bonds. The lowest BCUT2D eigenvalue weighted by molar-refractivity contribution is 0.0976. The van der Waals surface area contributed by atoms with E-state index in [1.165, 1.54) is 24.8 Å². The molecule has 0 spiro atoms. The lowest BCUT2D eigenvalue weighted by Gasteiger charge is -2.42. The Bertz CT molecular complexity index is 431. The van der Waals surface area contributed by atoms with Gasteiger partial charge in [0.25, 0.3) is 0 Å². The van der Waals surface area contributed by atoms with Crippen LogP contribution in [-0.2, 0) is 6.42 Å². The smallest absolute Gasteiger partial charge is 0.122 e. The van der Waals surface area contributed by atoms with E-state index in [2.05, 4.69) is 31.0 Å². The third kappa shape index (κ3) is 3.33. The molecule has 2 rings (SSSR count). The Morgan fingerprint density at radius 1 is 1.35 bits per heavy atom. The molecule has 0 radical (unpaired) electrons. The summed E-state index contributed by atoms with van der Waals surface area (Å²) in [6.45, 7) is 4.08. The fourth-order valence-electron chi connectivity index (χ4n) is 2.91. The molecule has 1 aliphatic rings. The van der Waals surface area contributed by atoms with E-state index in [-0.39, 0.29) is 5.54 Å². The number of likely N-dealkylation sites (N-methyl/N-ethyl adjacent to an activating group) is 1. The van der Waals surface area contributed by atoms with Gasteiger partial charge in [-0.05, 0) is 50.8 Å². The summed E-state index contributed by atoms with van der Waals surface area (Å²) in [7, 11) is 3.94. The first-order chi connectivity index (χ1) is 9.59. The summed E-state index contributed by atoms with van der Waals surface area (Å²) in [5.41, 5.74) is 7.33. The SMILES string of the molecule is COc1ccccc1CC(C)(CN)N(C)CC1CCC1. The van der Waals surface area contributed by atoms with E-state index in [1.54, 1.807) is 7.11 Å². The molecule has 3 heteroatoms. The summed E-state index contributed by atoms with van der Waals surface area (Å²) >= 11 is 0. The lowest BCUT2D eigenvalue weighted by Crippen LogP contribution is -2.53. The maximum atomic E-state index is 6.10. The minimum Gasteiger partial charge on any atom is -0.496 e. The Balaban J connectivity index is 2.08. The average molecular weight is 276 g/mol. The molecule has 1 unspecified atom stereocenters. The molecule has 1 aliphatic carbocycles. The number of hydrogen-bond donors (Lipinski definition) is 1. The highest BCUT2D eigenvalue weighted by Crippen LogP contribution is 2.31. The van der Waals surface area contributed by atoms with Crippen LogP contribution in [0, 0.1) is 5.92 Å². The largest absolute Gasteiger partial charge is 0.496 e. The Morgan fingerprint density at radius 2 is 2.05 bits per heavy atom. The molecule has 0 saturated heterocycles. The first kappa shape index (κ1) is 15.3. The number of hydrogen-bond acceptors (Lipinski definition) is 3. The number of para-hydroxylation sites is 1. The van der Waals surface area contributed by atoms with Crippen molar-refractivity contribution in [1.82, 2.24) is 4.90 Å². The van der Waals surface area contributed by atoms with Crippen molar-refractivity contribution in [3.8, 4) is 5.75 Å². The van der Waals surface area contributed by atoms with Gasteiger partial charge in [-0.1, -0.05) is 24.6 Å². The molecule has 112 valence electrons. The van der Waals surface area contributed by atoms with Crippen LogP contribution < -0.4 is 10.5 Å². The Morgan fingerprint density at radius 3 is 2.60 bits per heavy atom. The molecular formula is C17H28N2O. The van der Waals surface area contributed by atoms with Gasteiger partial charge in [-0.15, -0.1) is 0 Å². The number of rotatable bonds is 7. The van der Waals surface area contributed by atoms with Gasteiger partial charge in [-0.3, -0.25) is 4.90 Å². The second-order valence-electron chi connectivity index (χ2n) is 6.37. The van der Waals surface area contributed by atoms with Gasteiger partial charge in [0, 0.05) is 18.6 Å². The molecule has 2 N–H and O–H groups in total. The number of benzene rings is 1. The van der Waals surface area contributed by atoms with Crippen molar-refractivity contribution in [3.63, 3.8) is 0 Å². The predicted molar refractivity (Wildman–Crippen MR) is 84.1 cm³/mol. The van der Waals surface area contributed by atoms with Crippen LogP contribution in [-0.4, -0.2) is 37.7 Å². The van der Waals surface area contributed by atoms with E-state index in [1.807, 2.05) is 12.1 Å². The normalized spacial score (nSPS) is 18.6. The Hall–Kier alpha value is -1.06. The van der Waals surface area contributed by atoms with Crippen LogP contribution in [0.2, 0.25) is 0 Å². The van der Waals surface area contributed by atoms with Crippen LogP contribution in [0.1, 0.15) is 31.7 Å². The second-order valence-corrected chi connectivity index (χ2v) is 6.37. The fourth-order valence-corrected chi connectivity index (χ4v) is 2.91. The molecule has 1 atom stereocenters. The van der Waals surface area contributed by atoms with Crippen molar-refractivity contribution in [3.05, 3.63) is 29.8 Å². The molecule has 1 fully saturated rings. The number of nitrogens with two attached hydrogens (primary N) is 1. The van der Waals surface area contributed by atoms with Crippen molar-refractivity contribution < 1.29 is 4.74 Å². The maximum Gasteiger partial charge on any atom is 0.122 e. The zero-order valence-electron chi connectivity index (χ0n) is 13.1. The number of ether oxygens (including phenoxy) is 1. The van der Waals surface area contributed by atoms with Crippen LogP contribution in [0.5, 0.6) is 5.75 Å². The van der Waals surface area contributed by atoms with Gasteiger partial charge in [0.15, 0.2) is 0 Å². The average Bonchev–Trinajstić information content (AvgIpc) is 2.43. The molecule has 0 heterocycles. The molecule has 1 saturated carbocycles. The Labute approximate surface area is 123 Å². The Kier molecular flexibility index (Phi) is 5.06. The van der Waals surface area contributed by atoms with Crippen molar-refractivity contribution in [2.45, 2.75) is 38.1 Å². The summed E-state index contributed by atoms with van der Waals surface area (Å²) in [5, 5.41) is 0. The predicted octanol–water partition coefficient (Wildman–Crippen LogP) is 2.69. The highest BCUT2D eigenvalue weighted by molar-refractivity contribution is 5.34. The topological polar surface area (TPSA) is 38.5 Å². The summed E-state index contributed by atoms with van der Waals surface area (Å²) in [4.78, 5) is 2.45. The van der Waals surface area contributed by atoms with Crippen LogP contribution in [0.25, 0.3) is 0 Å². The molecule has 1 aromatic carbocycles. The van der Waals surface area contributed by atoms with E-state index >= 15 is 0 Å². The van der Waals surface area contributed by atoms with Gasteiger partial charge < -0.3 is 10.5 Å².